The van der Waals surface area contributed by atoms with E-state index in [9.17, 15) is 39.9 Å². The molecule has 6 radical (unpaired) electrons. The molecular formula is C117H135Br2Cl7F8O6S3Y6-6. The number of thiocarbonyl (C=S) groups is 2. The fourth-order valence-electron chi connectivity index (χ4n) is 20.5. The van der Waals surface area contributed by atoms with E-state index in [0.717, 1.165) is 193 Å². The van der Waals surface area contributed by atoms with Crippen molar-refractivity contribution in [1.29, 1.82) is 0 Å². The molecule has 6 aliphatic carbocycles. The first-order valence-corrected chi connectivity index (χ1v) is 56.7. The van der Waals surface area contributed by atoms with Gasteiger partial charge < -0.3 is 44.1 Å². The van der Waals surface area contributed by atoms with Gasteiger partial charge in [0.05, 0.1) is 24.3 Å². The molecule has 0 spiro atoms. The van der Waals surface area contributed by atoms with Crippen LogP contribution < -0.4 is 0 Å². The molecule has 2 aromatic heterocycles. The van der Waals surface area contributed by atoms with Crippen molar-refractivity contribution in [3.63, 3.8) is 0 Å². The third-order valence-electron chi connectivity index (χ3n) is 28.4. The molecule has 9 aromatic rings. The molecule has 0 amide bonds. The molecule has 15 rings (SSSR count). The predicted octanol–water partition coefficient (Wildman–Crippen LogP) is 36.4. The van der Waals surface area contributed by atoms with Crippen molar-refractivity contribution in [3.8, 4) is 0 Å². The number of benzene rings is 7. The quantitative estimate of drug-likeness (QED) is 0.00935. The number of rotatable bonds is 44. The second-order valence-corrected chi connectivity index (χ2v) is 46.1. The first-order valence-electron chi connectivity index (χ1n) is 50.4. The van der Waals surface area contributed by atoms with E-state index in [1.807, 2.05) is 103 Å². The Labute approximate surface area is 1100 Å². The minimum Gasteiger partial charge on any atom is -0.593 e. The van der Waals surface area contributed by atoms with E-state index < -0.39 is 41.7 Å². The summed E-state index contributed by atoms with van der Waals surface area (Å²) in [6, 6.07) is 60.5. The van der Waals surface area contributed by atoms with Crippen LogP contribution in [-0.2, 0) is 291 Å². The van der Waals surface area contributed by atoms with Crippen LogP contribution in [0, 0.1) is 109 Å². The smallest absolute Gasteiger partial charge is 0.416 e. The molecule has 0 bridgehead atoms. The van der Waals surface area contributed by atoms with Crippen molar-refractivity contribution in [2.45, 2.75) is 264 Å². The predicted molar refractivity (Wildman–Crippen MR) is 589 cm³/mol. The van der Waals surface area contributed by atoms with Crippen LogP contribution >= 0.6 is 149 Å². The Balaban J connectivity index is 0.000000370. The number of Topliss-reactive ketones (excluding diaryl/α,β-unsaturated/α-hetero) is 1. The van der Waals surface area contributed by atoms with Gasteiger partial charge in [-0.2, -0.15) is 94.1 Å². The monoisotopic (exact) mass is 2820 g/mol. The van der Waals surface area contributed by atoms with Gasteiger partial charge in [0.1, 0.15) is 18.1 Å². The van der Waals surface area contributed by atoms with Gasteiger partial charge in [-0.25, -0.2) is 8.78 Å². The number of carbonyl (C=O) groups excluding carboxylic acids is 1. The molecule has 7 aromatic carbocycles. The van der Waals surface area contributed by atoms with Crippen LogP contribution in [0.1, 0.15) is 221 Å². The molecular weight excluding hydrogens is 2690 g/mol. The Bertz CT molecular complexity index is 5150. The van der Waals surface area contributed by atoms with Gasteiger partial charge in [-0.15, -0.1) is 45.1 Å². The number of hydrogen-bond acceptors (Lipinski definition) is 9. The zero-order chi connectivity index (χ0) is 103. The molecule has 800 valence electrons. The number of thiophene rings is 1. The van der Waals surface area contributed by atoms with Crippen LogP contribution in [0.4, 0.5) is 35.1 Å². The fourth-order valence-corrected chi connectivity index (χ4v) is 26.2. The van der Waals surface area contributed by atoms with Gasteiger partial charge in [0, 0.05) is 312 Å². The molecule has 6 unspecified atom stereocenters. The van der Waals surface area contributed by atoms with E-state index in [-0.39, 0.29) is 267 Å². The van der Waals surface area contributed by atoms with Crippen LogP contribution in [0.15, 0.2) is 205 Å². The van der Waals surface area contributed by atoms with Crippen LogP contribution in [-0.4, -0.2) is 81.3 Å². The van der Waals surface area contributed by atoms with Crippen LogP contribution in [0.3, 0.4) is 0 Å². The van der Waals surface area contributed by atoms with Crippen molar-refractivity contribution < 1.29 is 260 Å². The number of allylic oxidation sites excluding steroid dienone is 2. The SMILES string of the molecule is Clc1cccc(CC[C@H]2C(Br)CC[C@@H]2COCc2c[c-]ccc2)c1.Clc1ccccc1CC[C@H]1C(Cl)CC(Cl)[C@@H]1COCc1cc[c-]o1.S=C1CC(Br)[C@H](COCc2cc[c-]s2)[C@H]1CCc1ccc(Cl)cc1.[CH2-]CC/C=C\C[C@H]1CCC(=S)[C@@H]1CCc1cc(Cl)cc(Cl)c1.[CH2-]CCCCC[C@H]1C(F)CC(=O)[C@@H]1CCc1ccccc1.[CH2-]CCCOC[C@H]1CCC(F)[C@@H]1CCc1cc(C(F)(F)F)cc(C(F)(F)F)c1.[Y].[Y].[Y].[Y].[Y].[Y]. The first-order chi connectivity index (χ1) is 68.8. The third-order valence-corrected chi connectivity index (χ3v) is 34.6. The van der Waals surface area contributed by atoms with E-state index in [2.05, 4.69) is 137 Å². The number of unbranched alkanes of at least 4 members (excludes halogenated alkanes) is 5. The summed E-state index contributed by atoms with van der Waals surface area (Å²) in [5.41, 5.74) is 4.68. The zero-order valence-corrected chi connectivity index (χ0v) is 113. The molecule has 32 heteroatoms. The Morgan fingerprint density at radius 3 is 1.70 bits per heavy atom. The third kappa shape index (κ3) is 51.7. The van der Waals surface area contributed by atoms with Crippen molar-refractivity contribution in [1.82, 2.24) is 0 Å². The van der Waals surface area contributed by atoms with Gasteiger partial charge in [0.15, 0.2) is 0 Å². The van der Waals surface area contributed by atoms with E-state index in [1.54, 1.807) is 23.5 Å². The number of hydrogen-bond donors (Lipinski definition) is 0. The van der Waals surface area contributed by atoms with Crippen LogP contribution in [0.25, 0.3) is 0 Å². The largest absolute Gasteiger partial charge is 0.593 e. The van der Waals surface area contributed by atoms with Crippen molar-refractivity contribution in [2.75, 3.05) is 33.0 Å². The fraction of sp³-hybridized carbons (Fsp3) is 0.504. The van der Waals surface area contributed by atoms with Crippen LogP contribution in [0.5, 0.6) is 0 Å². The van der Waals surface area contributed by atoms with Crippen LogP contribution in [0.2, 0.25) is 25.1 Å². The standard InChI is InChI=1S/C21H23BrClO.C20H24F7O.C19H19BrClOS2.C19H20Cl3O2.C19H23Cl2S.C19H26FO.6Y/c22-21-12-10-18(15-24-14-17-5-2-1-3-6-17)20(21)11-9-16-7-4-8-19(23)13-16;1-2-3-8-28-12-14-5-7-18(21)17(14)6-4-13-9-15(19(22,23)24)11-16(10-13)20(25,26)27;20-18-10-19(23)16(8-5-13-3-6-14(21)7-4-13)17(18)12-22-11-15-2-1-9-24-15;20-17-6-2-1-4-13(17)7-8-15-16(19(22)10-18(15)21)12-23-11-14-5-3-9-24-14;1-2-3-4-5-6-15-8-10-19(22)18(15)9-7-14-11-16(20)13-17(21)12-14;1-2-3-4-8-11-16-17(19(21)14-18(16)20)13-12-15-9-6-5-7-10-15;;;;;;/h1-2,4-8,13,18,20-21H,9-12,14-15H2;9-11,14,17-18H,1-8,12H2;1-4,6-7,16-18H,5,8,10-12H2;1-6,15-16,18-19H,7-8,10-12H2;4-5,11-13,15,18H,1-3,6-10H2;5-7,9-10,16-18H,1-4,8,11-14H2;;;;;;/q6*-1;;;;;;/b;;;;5-4-;;;;;;;/t18-,20-,21?;14-,17-,18?;16-,17-,18?;15-,16-,18?,19?;15-,18+;16-,17-,18?;;;;;;/m111101....../s1. The van der Waals surface area contributed by atoms with Gasteiger partial charge in [-0.1, -0.05) is 231 Å². The van der Waals surface area contributed by atoms with E-state index in [4.69, 9.17) is 129 Å². The number of halogens is 17. The van der Waals surface area contributed by atoms with Crippen molar-refractivity contribution in [3.05, 3.63) is 325 Å². The van der Waals surface area contributed by atoms with Gasteiger partial charge >= 0.3 is 12.4 Å². The molecule has 0 saturated heterocycles. The maximum absolute atomic E-state index is 14.2. The molecule has 149 heavy (non-hydrogen) atoms. The Kier molecular flexibility index (Phi) is 75.5. The molecule has 0 aliphatic heterocycles. The number of carbonyl (C=O) groups is 1. The summed E-state index contributed by atoms with van der Waals surface area (Å²) >= 11 is 64.1. The summed E-state index contributed by atoms with van der Waals surface area (Å²) in [6.45, 7) is 16.2. The average molecular weight is 2830 g/mol. The second-order valence-electron chi connectivity index (χ2n) is 38.5. The summed E-state index contributed by atoms with van der Waals surface area (Å²) < 4.78 is 134. The maximum Gasteiger partial charge on any atom is 0.416 e. The summed E-state index contributed by atoms with van der Waals surface area (Å²) in [4.78, 5) is 16.7. The van der Waals surface area contributed by atoms with Gasteiger partial charge in [-0.05, 0) is 310 Å². The molecule has 0 N–H and O–H groups in total. The summed E-state index contributed by atoms with van der Waals surface area (Å²) in [5, 5.41) is 7.08. The van der Waals surface area contributed by atoms with Gasteiger partial charge in [0.25, 0.3) is 0 Å². The van der Waals surface area contributed by atoms with Gasteiger partial charge in [0.2, 0.25) is 0 Å². The first kappa shape index (κ1) is 143. The number of ketones is 1. The summed E-state index contributed by atoms with van der Waals surface area (Å²) in [6.07, 6.45) is 23.0. The van der Waals surface area contributed by atoms with Gasteiger partial charge in [-0.3, -0.25) is 16.1 Å². The zero-order valence-electron chi connectivity index (χ0n) is 84.7. The molecule has 18 atom stereocenters. The molecule has 6 fully saturated rings. The minimum absolute atomic E-state index is 0. The van der Waals surface area contributed by atoms with E-state index in [1.165, 1.54) is 68.1 Å². The topological polar surface area (TPSA) is 67.1 Å². The molecule has 6 saturated carbocycles. The molecule has 2 heterocycles. The normalized spacial score (nSPS) is 23.1. The average Bonchev–Trinajstić information content (AvgIpc) is 1.74. The number of ether oxygens (including phenoxy) is 4. The molecule has 6 aliphatic rings. The Morgan fingerprint density at radius 2 is 1.04 bits per heavy atom. The number of furan rings is 1. The number of aryl methyl sites for hydroxylation is 6. The maximum atomic E-state index is 14.2. The van der Waals surface area contributed by atoms with Crippen molar-refractivity contribution in [2.24, 2.45) is 71.0 Å². The minimum atomic E-state index is -4.88. The van der Waals surface area contributed by atoms with Crippen molar-refractivity contribution >= 4 is 164 Å². The van der Waals surface area contributed by atoms with E-state index in [0.29, 0.717) is 114 Å². The number of alkyl halides is 12. The van der Waals surface area contributed by atoms with E-state index >= 15 is 0 Å². The molecule has 6 nitrogen and oxygen atoms in total. The Hall–Kier alpha value is 2.00. The second kappa shape index (κ2) is 78.5. The summed E-state index contributed by atoms with van der Waals surface area (Å²) in [7, 11) is 0. The Morgan fingerprint density at radius 1 is 0.450 bits per heavy atom. The summed E-state index contributed by atoms with van der Waals surface area (Å²) in [5.74, 6) is 4.32.